The number of ether oxygens (including phenoxy) is 5. The summed E-state index contributed by atoms with van der Waals surface area (Å²) in [6.45, 7) is 4.63. The van der Waals surface area contributed by atoms with Crippen LogP contribution in [0, 0.1) is 25.2 Å². The first-order chi connectivity index (χ1) is 20.7. The molecular formula is C30H29N3O9S. The highest BCUT2D eigenvalue weighted by atomic mass is 32.2. The van der Waals surface area contributed by atoms with Gasteiger partial charge < -0.3 is 34.1 Å². The number of nitrogens with zero attached hydrogens (tertiary/aromatic N) is 2. The van der Waals surface area contributed by atoms with E-state index in [9.17, 15) is 24.8 Å². The zero-order chi connectivity index (χ0) is 30.3. The Hall–Kier alpha value is -3.99. The van der Waals surface area contributed by atoms with Gasteiger partial charge in [0.25, 0.3) is 0 Å². The van der Waals surface area contributed by atoms with Gasteiger partial charge in [-0.05, 0) is 31.4 Å². The number of nitrogens with one attached hydrogen (secondary N) is 1. The van der Waals surface area contributed by atoms with Gasteiger partial charge in [-0.1, -0.05) is 6.07 Å². The van der Waals surface area contributed by atoms with Crippen LogP contribution in [0.5, 0.6) is 28.7 Å². The van der Waals surface area contributed by atoms with Crippen molar-refractivity contribution in [1.82, 2.24) is 10.2 Å². The van der Waals surface area contributed by atoms with Crippen molar-refractivity contribution in [2.75, 3.05) is 26.3 Å². The Balaban J connectivity index is 1.55. The molecule has 13 heteroatoms. The minimum absolute atomic E-state index is 0.00609. The fraction of sp³-hybridized carbons (Fsp3) is 0.467. The quantitative estimate of drug-likeness (QED) is 0.292. The number of fused-ring (bicyclic) bond motifs is 9. The van der Waals surface area contributed by atoms with Crippen LogP contribution in [-0.2, 0) is 25.5 Å². The smallest absolute Gasteiger partial charge is 0.375 e. The molecule has 2 aromatic rings. The van der Waals surface area contributed by atoms with Crippen LogP contribution in [0.15, 0.2) is 6.07 Å². The van der Waals surface area contributed by atoms with Gasteiger partial charge in [0.2, 0.25) is 12.6 Å². The third kappa shape index (κ3) is 3.93. The van der Waals surface area contributed by atoms with E-state index in [-0.39, 0.29) is 36.7 Å². The Morgan fingerprint density at radius 1 is 1.16 bits per heavy atom. The fourth-order valence-electron chi connectivity index (χ4n) is 7.50. The number of aromatic hydroxyl groups is 1. The number of esters is 2. The largest absolute Gasteiger partial charge is 0.504 e. The van der Waals surface area contributed by atoms with Crippen LogP contribution in [0.2, 0.25) is 0 Å². The Bertz CT molecular complexity index is 1650. The third-order valence-corrected chi connectivity index (χ3v) is 10.3. The number of thioether (sulfide) groups is 1. The molecular weight excluding hydrogens is 578 g/mol. The van der Waals surface area contributed by atoms with E-state index in [4.69, 9.17) is 23.7 Å². The number of rotatable bonds is 2. The topological polar surface area (TPSA) is 157 Å². The monoisotopic (exact) mass is 607 g/mol. The second-order valence-electron chi connectivity index (χ2n) is 11.3. The first-order valence-electron chi connectivity index (χ1n) is 13.9. The van der Waals surface area contributed by atoms with Gasteiger partial charge in [0.1, 0.15) is 18.4 Å². The fourth-order valence-corrected chi connectivity index (χ4v) is 8.85. The Morgan fingerprint density at radius 2 is 1.93 bits per heavy atom. The Kier molecular flexibility index (Phi) is 6.50. The molecule has 6 atom stereocenters. The lowest BCUT2D eigenvalue weighted by Gasteiger charge is -2.58. The zero-order valence-corrected chi connectivity index (χ0v) is 24.7. The van der Waals surface area contributed by atoms with E-state index in [0.29, 0.717) is 45.9 Å². The molecule has 0 spiro atoms. The average molecular weight is 608 g/mol. The summed E-state index contributed by atoms with van der Waals surface area (Å²) in [6, 6.07) is 1.61. The van der Waals surface area contributed by atoms with Gasteiger partial charge >= 0.3 is 11.9 Å². The number of ketones is 1. The summed E-state index contributed by atoms with van der Waals surface area (Å²) < 4.78 is 28.9. The first-order valence-corrected chi connectivity index (χ1v) is 15.0. The molecule has 5 aliphatic rings. The standard InChI is InChI=1S/C30H29N3O9S/c1-11-5-14-6-15-16(7-31)33-17-8-39-30(37)18(35)9-43-29(23(33)22(32-15)19(14)24(36)25(11)38-4)21-20(17)28-27(40-10-41-28)12(2)26(21)42-13(3)34/h5,15-17,22-23,29,32,36H,6,8-10H2,1-4H3/t15?,16-,17-,22?,23?,29+/m0/s1. The van der Waals surface area contributed by atoms with Crippen LogP contribution in [0.4, 0.5) is 0 Å². The van der Waals surface area contributed by atoms with E-state index in [1.165, 1.54) is 25.8 Å². The lowest BCUT2D eigenvalue weighted by Crippen LogP contribution is -2.69. The summed E-state index contributed by atoms with van der Waals surface area (Å²) in [7, 11) is 1.50. The second-order valence-corrected chi connectivity index (χ2v) is 12.5. The number of phenolic OH excluding ortho intramolecular Hbond substituents is 1. The van der Waals surface area contributed by atoms with E-state index in [0.717, 1.165) is 11.1 Å². The number of carbonyl (C=O) groups excluding carboxylic acids is 3. The summed E-state index contributed by atoms with van der Waals surface area (Å²) >= 11 is 1.20. The number of cyclic esters (lactones) is 1. The normalized spacial score (nSPS) is 28.6. The molecule has 0 amide bonds. The number of phenols is 1. The van der Waals surface area contributed by atoms with Crippen molar-refractivity contribution in [3.05, 3.63) is 39.4 Å². The molecule has 12 nitrogen and oxygen atoms in total. The predicted molar refractivity (Wildman–Crippen MR) is 150 cm³/mol. The van der Waals surface area contributed by atoms with Crippen molar-refractivity contribution in [1.29, 1.82) is 5.26 Å². The van der Waals surface area contributed by atoms with E-state index >= 15 is 0 Å². The molecule has 2 saturated heterocycles. The van der Waals surface area contributed by atoms with Crippen LogP contribution >= 0.6 is 11.8 Å². The van der Waals surface area contributed by atoms with Gasteiger partial charge in [0.05, 0.1) is 36.3 Å². The maximum absolute atomic E-state index is 12.8. The molecule has 3 unspecified atom stereocenters. The van der Waals surface area contributed by atoms with Gasteiger partial charge in [-0.15, -0.1) is 11.8 Å². The van der Waals surface area contributed by atoms with Crippen LogP contribution < -0.4 is 24.3 Å². The highest BCUT2D eigenvalue weighted by molar-refractivity contribution is 8.00. The van der Waals surface area contributed by atoms with Gasteiger partial charge in [0.15, 0.2) is 23.0 Å². The first kappa shape index (κ1) is 27.8. The van der Waals surface area contributed by atoms with Gasteiger partial charge in [-0.25, -0.2) is 4.79 Å². The van der Waals surface area contributed by atoms with Crippen molar-refractivity contribution in [2.24, 2.45) is 0 Å². The number of nitriles is 1. The lowest BCUT2D eigenvalue weighted by molar-refractivity contribution is -0.155. The number of hydrogen-bond donors (Lipinski definition) is 2. The average Bonchev–Trinajstić information content (AvgIpc) is 3.46. The minimum Gasteiger partial charge on any atom is -0.504 e. The van der Waals surface area contributed by atoms with Gasteiger partial charge in [0, 0.05) is 41.3 Å². The van der Waals surface area contributed by atoms with Crippen molar-refractivity contribution >= 4 is 29.5 Å². The van der Waals surface area contributed by atoms with Gasteiger partial charge in [-0.2, -0.15) is 5.26 Å². The molecule has 0 aliphatic carbocycles. The number of methoxy groups -OCH3 is 1. The van der Waals surface area contributed by atoms with Crippen molar-refractivity contribution in [3.8, 4) is 34.8 Å². The summed E-state index contributed by atoms with van der Waals surface area (Å²) in [6.07, 6.45) is 0.464. The van der Waals surface area contributed by atoms with E-state index in [2.05, 4.69) is 11.4 Å². The number of hydrogen-bond acceptors (Lipinski definition) is 13. The zero-order valence-electron chi connectivity index (χ0n) is 23.9. The lowest BCUT2D eigenvalue weighted by atomic mass is 9.72. The number of aryl methyl sites for hydroxylation is 1. The number of carbonyl (C=O) groups is 3. The predicted octanol–water partition coefficient (Wildman–Crippen LogP) is 2.46. The van der Waals surface area contributed by atoms with Gasteiger partial charge in [-0.3, -0.25) is 14.5 Å². The summed E-state index contributed by atoms with van der Waals surface area (Å²) in [5, 5.41) is 25.2. The molecule has 43 heavy (non-hydrogen) atoms. The van der Waals surface area contributed by atoms with Crippen LogP contribution in [0.25, 0.3) is 0 Å². The molecule has 5 aliphatic heterocycles. The maximum Gasteiger partial charge on any atom is 0.375 e. The molecule has 4 bridgehead atoms. The van der Waals surface area contributed by atoms with Crippen molar-refractivity contribution < 1.29 is 43.2 Å². The van der Waals surface area contributed by atoms with E-state index < -0.39 is 47.1 Å². The number of piperazine rings is 1. The van der Waals surface area contributed by atoms with Crippen LogP contribution in [0.1, 0.15) is 57.6 Å². The minimum atomic E-state index is -0.952. The molecule has 224 valence electrons. The highest BCUT2D eigenvalue weighted by Crippen LogP contribution is 2.62. The summed E-state index contributed by atoms with van der Waals surface area (Å²) in [5.41, 5.74) is 4.08. The second kappa shape index (κ2) is 10.0. The van der Waals surface area contributed by atoms with E-state index in [1.807, 2.05) is 17.9 Å². The highest BCUT2D eigenvalue weighted by Gasteiger charge is 2.59. The van der Waals surface area contributed by atoms with Crippen LogP contribution in [-0.4, -0.2) is 72.1 Å². The third-order valence-electron chi connectivity index (χ3n) is 9.03. The summed E-state index contributed by atoms with van der Waals surface area (Å²) in [5.74, 6) is -0.915. The SMILES string of the molecule is COc1c(C)cc2c(c1O)C1NC(C2)[C@H](C#N)N2C1[C@@H]1SCC(=O)C(=O)OC[C@H]2c2c3c(c(C)c(OC(C)=O)c21)OCO3. The molecule has 7 rings (SSSR count). The molecule has 0 radical (unpaired) electrons. The molecule has 0 saturated carbocycles. The van der Waals surface area contributed by atoms with Crippen molar-refractivity contribution in [2.45, 2.75) is 62.7 Å². The summed E-state index contributed by atoms with van der Waals surface area (Å²) in [4.78, 5) is 40.0. The van der Waals surface area contributed by atoms with Crippen molar-refractivity contribution in [3.63, 3.8) is 0 Å². The molecule has 0 aromatic heterocycles. The molecule has 5 heterocycles. The van der Waals surface area contributed by atoms with Crippen LogP contribution in [0.3, 0.4) is 0 Å². The maximum atomic E-state index is 12.8. The number of benzene rings is 2. The Morgan fingerprint density at radius 3 is 2.65 bits per heavy atom. The molecule has 2 N–H and O–H groups in total. The Labute approximate surface area is 251 Å². The van der Waals surface area contributed by atoms with E-state index in [1.54, 1.807) is 6.92 Å². The molecule has 2 aromatic carbocycles. The molecule has 2 fully saturated rings. The number of Topliss-reactive ketones (excluding diaryl/α,β-unsaturated/α-hetero) is 1.